The van der Waals surface area contributed by atoms with Crippen LogP contribution in [0.15, 0.2) is 12.1 Å². The highest BCUT2D eigenvalue weighted by atomic mass is 16.6. The highest BCUT2D eigenvalue weighted by molar-refractivity contribution is 5.86. The Labute approximate surface area is 160 Å². The van der Waals surface area contributed by atoms with Crippen molar-refractivity contribution in [3.05, 3.63) is 23.3 Å². The molecule has 7 nitrogen and oxygen atoms in total. The van der Waals surface area contributed by atoms with Gasteiger partial charge in [0.15, 0.2) is 11.5 Å². The first-order valence-electron chi connectivity index (χ1n) is 9.10. The molecule has 0 saturated carbocycles. The zero-order valence-corrected chi connectivity index (χ0v) is 17.0. The summed E-state index contributed by atoms with van der Waals surface area (Å²) in [5, 5.41) is 0. The number of nitrogens with zero attached hydrogens (tertiary/aromatic N) is 1. The first-order valence-corrected chi connectivity index (χ1v) is 9.10. The minimum Gasteiger partial charge on any atom is -0.493 e. The van der Waals surface area contributed by atoms with E-state index in [1.165, 1.54) is 4.90 Å². The SMILES string of the molecule is COc1cc2c(cc1OC)C(N(CC(=O)OC(C)(C)C)C(=O)[C@H](C)N)CC2. The van der Waals surface area contributed by atoms with Crippen LogP contribution in [0, 0.1) is 0 Å². The molecule has 150 valence electrons. The van der Waals surface area contributed by atoms with Crippen LogP contribution in [0.3, 0.4) is 0 Å². The molecule has 7 heteroatoms. The minimum absolute atomic E-state index is 0.143. The van der Waals surface area contributed by atoms with Crippen molar-refractivity contribution in [1.29, 1.82) is 0 Å². The number of ether oxygens (including phenoxy) is 3. The minimum atomic E-state index is -0.711. The maximum Gasteiger partial charge on any atom is 0.326 e. The number of hydrogen-bond acceptors (Lipinski definition) is 6. The van der Waals surface area contributed by atoms with E-state index in [1.807, 2.05) is 12.1 Å². The summed E-state index contributed by atoms with van der Waals surface area (Å²) in [6, 6.07) is 2.83. The van der Waals surface area contributed by atoms with Gasteiger partial charge in [0, 0.05) is 0 Å². The van der Waals surface area contributed by atoms with Gasteiger partial charge in [0.2, 0.25) is 5.91 Å². The van der Waals surface area contributed by atoms with Crippen LogP contribution in [0.5, 0.6) is 11.5 Å². The lowest BCUT2D eigenvalue weighted by molar-refractivity contribution is -0.160. The third-order valence-corrected chi connectivity index (χ3v) is 4.46. The predicted octanol–water partition coefficient (Wildman–Crippen LogP) is 2.21. The number of nitrogens with two attached hydrogens (primary N) is 1. The van der Waals surface area contributed by atoms with Crippen molar-refractivity contribution < 1.29 is 23.8 Å². The summed E-state index contributed by atoms with van der Waals surface area (Å²) in [6.45, 7) is 6.87. The highest BCUT2D eigenvalue weighted by Crippen LogP contribution is 2.42. The van der Waals surface area contributed by atoms with E-state index in [9.17, 15) is 9.59 Å². The first-order chi connectivity index (χ1) is 12.6. The summed E-state index contributed by atoms with van der Waals surface area (Å²) in [5.41, 5.74) is 7.24. The number of fused-ring (bicyclic) bond motifs is 1. The lowest BCUT2D eigenvalue weighted by Gasteiger charge is -2.31. The predicted molar refractivity (Wildman–Crippen MR) is 102 cm³/mol. The van der Waals surface area contributed by atoms with Crippen molar-refractivity contribution in [2.75, 3.05) is 20.8 Å². The van der Waals surface area contributed by atoms with Gasteiger partial charge in [0.1, 0.15) is 12.1 Å². The quantitative estimate of drug-likeness (QED) is 0.763. The molecule has 0 heterocycles. The van der Waals surface area contributed by atoms with E-state index in [1.54, 1.807) is 41.9 Å². The van der Waals surface area contributed by atoms with Crippen LogP contribution in [0.4, 0.5) is 0 Å². The number of amides is 1. The zero-order chi connectivity index (χ0) is 20.4. The maximum absolute atomic E-state index is 12.8. The number of methoxy groups -OCH3 is 2. The summed E-state index contributed by atoms with van der Waals surface area (Å²) in [6.07, 6.45) is 1.48. The van der Waals surface area contributed by atoms with Gasteiger partial charge in [0.05, 0.1) is 26.3 Å². The molecule has 2 rings (SSSR count). The van der Waals surface area contributed by atoms with Crippen molar-refractivity contribution in [1.82, 2.24) is 4.90 Å². The molecule has 0 bridgehead atoms. The normalized spacial score (nSPS) is 17.1. The molecule has 1 aromatic carbocycles. The topological polar surface area (TPSA) is 91.1 Å². The number of benzene rings is 1. The van der Waals surface area contributed by atoms with Gasteiger partial charge in [-0.15, -0.1) is 0 Å². The van der Waals surface area contributed by atoms with Gasteiger partial charge in [-0.05, 0) is 63.8 Å². The Bertz CT molecular complexity index is 709. The van der Waals surface area contributed by atoms with Crippen LogP contribution < -0.4 is 15.2 Å². The number of carbonyl (C=O) groups is 2. The Balaban J connectivity index is 2.36. The van der Waals surface area contributed by atoms with Crippen LogP contribution >= 0.6 is 0 Å². The standard InChI is InChI=1S/C20H30N2O5/c1-12(21)19(24)22(11-18(23)27-20(2,3)4)15-8-7-13-9-16(25-5)17(26-6)10-14(13)15/h9-10,12,15H,7-8,11,21H2,1-6H3/t12-,15?/m0/s1. The number of carbonyl (C=O) groups excluding carboxylic acids is 2. The van der Waals surface area contributed by atoms with Crippen molar-refractivity contribution in [2.24, 2.45) is 5.73 Å². The summed E-state index contributed by atoms with van der Waals surface area (Å²) in [7, 11) is 3.16. The molecule has 1 aliphatic carbocycles. The summed E-state index contributed by atoms with van der Waals surface area (Å²) in [4.78, 5) is 26.7. The molecular weight excluding hydrogens is 348 g/mol. The van der Waals surface area contributed by atoms with E-state index in [4.69, 9.17) is 19.9 Å². The van der Waals surface area contributed by atoms with Crippen molar-refractivity contribution in [3.8, 4) is 11.5 Å². The van der Waals surface area contributed by atoms with Gasteiger partial charge in [-0.2, -0.15) is 0 Å². The van der Waals surface area contributed by atoms with Crippen LogP contribution in [0.25, 0.3) is 0 Å². The van der Waals surface area contributed by atoms with Gasteiger partial charge in [0.25, 0.3) is 0 Å². The molecule has 0 saturated heterocycles. The van der Waals surface area contributed by atoms with Gasteiger partial charge >= 0.3 is 5.97 Å². The molecule has 27 heavy (non-hydrogen) atoms. The smallest absolute Gasteiger partial charge is 0.326 e. The van der Waals surface area contributed by atoms with Gasteiger partial charge in [-0.1, -0.05) is 0 Å². The van der Waals surface area contributed by atoms with Crippen molar-refractivity contribution in [3.63, 3.8) is 0 Å². The molecule has 2 atom stereocenters. The molecular formula is C20H30N2O5. The van der Waals surface area contributed by atoms with E-state index in [-0.39, 0.29) is 18.5 Å². The second-order valence-corrected chi connectivity index (χ2v) is 7.80. The number of esters is 1. The Hall–Kier alpha value is -2.28. The Morgan fingerprint density at radius 3 is 2.33 bits per heavy atom. The van der Waals surface area contributed by atoms with E-state index in [2.05, 4.69) is 0 Å². The molecule has 0 fully saturated rings. The average molecular weight is 378 g/mol. The molecule has 0 aliphatic heterocycles. The lowest BCUT2D eigenvalue weighted by atomic mass is 10.0. The average Bonchev–Trinajstić information content (AvgIpc) is 2.98. The molecule has 1 unspecified atom stereocenters. The van der Waals surface area contributed by atoms with Crippen LogP contribution in [0.1, 0.15) is 51.3 Å². The molecule has 1 aromatic rings. The van der Waals surface area contributed by atoms with E-state index in [0.717, 1.165) is 17.5 Å². The number of rotatable bonds is 6. The Kier molecular flexibility index (Phi) is 6.36. The second kappa shape index (κ2) is 8.17. The fourth-order valence-corrected chi connectivity index (χ4v) is 3.35. The molecule has 1 aliphatic rings. The van der Waals surface area contributed by atoms with E-state index in [0.29, 0.717) is 17.9 Å². The molecule has 0 aromatic heterocycles. The Morgan fingerprint density at radius 1 is 1.22 bits per heavy atom. The molecule has 1 amide bonds. The molecule has 0 radical (unpaired) electrons. The van der Waals surface area contributed by atoms with Gasteiger partial charge < -0.3 is 24.8 Å². The Morgan fingerprint density at radius 2 is 1.81 bits per heavy atom. The van der Waals surface area contributed by atoms with Crippen molar-refractivity contribution >= 4 is 11.9 Å². The van der Waals surface area contributed by atoms with Gasteiger partial charge in [-0.25, -0.2) is 0 Å². The van der Waals surface area contributed by atoms with Crippen LogP contribution in [0.2, 0.25) is 0 Å². The zero-order valence-electron chi connectivity index (χ0n) is 17.0. The lowest BCUT2D eigenvalue weighted by Crippen LogP contribution is -2.47. The fraction of sp³-hybridized carbons (Fsp3) is 0.600. The summed E-state index contributed by atoms with van der Waals surface area (Å²) >= 11 is 0. The van der Waals surface area contributed by atoms with E-state index < -0.39 is 17.6 Å². The number of aryl methyl sites for hydroxylation is 1. The second-order valence-electron chi connectivity index (χ2n) is 7.80. The first kappa shape index (κ1) is 21.0. The van der Waals surface area contributed by atoms with Crippen LogP contribution in [-0.2, 0) is 20.7 Å². The fourth-order valence-electron chi connectivity index (χ4n) is 3.35. The summed E-state index contributed by atoms with van der Waals surface area (Å²) < 4.78 is 16.2. The maximum atomic E-state index is 12.8. The summed E-state index contributed by atoms with van der Waals surface area (Å²) in [5.74, 6) is 0.502. The number of hydrogen-bond donors (Lipinski definition) is 1. The third kappa shape index (κ3) is 4.91. The molecule has 0 spiro atoms. The highest BCUT2D eigenvalue weighted by Gasteiger charge is 2.35. The molecule has 2 N–H and O–H groups in total. The van der Waals surface area contributed by atoms with E-state index >= 15 is 0 Å². The van der Waals surface area contributed by atoms with Crippen molar-refractivity contribution in [2.45, 2.75) is 58.2 Å². The van der Waals surface area contributed by atoms with Crippen LogP contribution in [-0.4, -0.2) is 49.2 Å². The largest absolute Gasteiger partial charge is 0.493 e. The monoisotopic (exact) mass is 378 g/mol. The third-order valence-electron chi connectivity index (χ3n) is 4.46. The van der Waals surface area contributed by atoms with Gasteiger partial charge in [-0.3, -0.25) is 9.59 Å².